The highest BCUT2D eigenvalue weighted by Gasteiger charge is 2.23. The second-order valence-corrected chi connectivity index (χ2v) is 7.37. The highest BCUT2D eigenvalue weighted by Crippen LogP contribution is 2.28. The minimum Gasteiger partial charge on any atom is -0.317 e. The predicted molar refractivity (Wildman–Crippen MR) is 98.2 cm³/mol. The molecule has 4 rings (SSSR count). The molecule has 1 aromatic carbocycles. The summed E-state index contributed by atoms with van der Waals surface area (Å²) in [7, 11) is 0. The number of thiazole rings is 1. The highest BCUT2D eigenvalue weighted by molar-refractivity contribution is 7.22. The minimum atomic E-state index is -0.255. The summed E-state index contributed by atoms with van der Waals surface area (Å²) in [5.74, 6) is -0.255. The summed E-state index contributed by atoms with van der Waals surface area (Å²) in [6, 6.07) is 6.33. The lowest BCUT2D eigenvalue weighted by Crippen LogP contribution is -2.30. The summed E-state index contributed by atoms with van der Waals surface area (Å²) in [4.78, 5) is 17.1. The molecule has 1 amide bonds. The number of benzene rings is 1. The van der Waals surface area contributed by atoms with Crippen molar-refractivity contribution in [2.45, 2.75) is 32.7 Å². The van der Waals surface area contributed by atoms with Gasteiger partial charge in [-0.05, 0) is 51.4 Å². The molecule has 2 aromatic heterocycles. The molecule has 25 heavy (non-hydrogen) atoms. The number of nitrogens with zero attached hydrogens (tertiary/aromatic N) is 4. The van der Waals surface area contributed by atoms with Crippen LogP contribution in [0.5, 0.6) is 0 Å². The number of amides is 1. The number of aromatic nitrogens is 4. The van der Waals surface area contributed by atoms with Crippen LogP contribution in [0, 0.1) is 13.8 Å². The molecule has 2 N–H and O–H groups in total. The van der Waals surface area contributed by atoms with Crippen LogP contribution < -0.4 is 10.6 Å². The fourth-order valence-electron chi connectivity index (χ4n) is 3.24. The van der Waals surface area contributed by atoms with Crippen LogP contribution in [-0.2, 0) is 0 Å². The van der Waals surface area contributed by atoms with Crippen molar-refractivity contribution in [2.24, 2.45) is 0 Å². The maximum absolute atomic E-state index is 12.6. The van der Waals surface area contributed by atoms with E-state index in [0.29, 0.717) is 16.9 Å². The molecule has 0 atom stereocenters. The van der Waals surface area contributed by atoms with Gasteiger partial charge in [0, 0.05) is 0 Å². The molecule has 0 aliphatic carbocycles. The van der Waals surface area contributed by atoms with Crippen LogP contribution in [0.1, 0.15) is 40.6 Å². The van der Waals surface area contributed by atoms with E-state index >= 15 is 0 Å². The predicted octanol–water partition coefficient (Wildman–Crippen LogP) is 2.68. The molecule has 8 heteroatoms. The fourth-order valence-corrected chi connectivity index (χ4v) is 4.18. The molecule has 0 bridgehead atoms. The Morgan fingerprint density at radius 1 is 1.32 bits per heavy atom. The molecule has 0 unspecified atom stereocenters. The van der Waals surface area contributed by atoms with Gasteiger partial charge in [0.1, 0.15) is 0 Å². The minimum absolute atomic E-state index is 0.255. The molecule has 3 heterocycles. The monoisotopic (exact) mass is 356 g/mol. The number of carbonyl (C=O) groups excluding carboxylic acids is 1. The zero-order valence-electron chi connectivity index (χ0n) is 14.2. The number of fused-ring (bicyclic) bond motifs is 1. The number of piperidine rings is 1. The average molecular weight is 356 g/mol. The first kappa shape index (κ1) is 16.2. The molecule has 130 valence electrons. The van der Waals surface area contributed by atoms with Gasteiger partial charge < -0.3 is 5.32 Å². The maximum Gasteiger partial charge on any atom is 0.279 e. The fraction of sp³-hybridized carbons (Fsp3) is 0.412. The van der Waals surface area contributed by atoms with Gasteiger partial charge in [-0.15, -0.1) is 5.10 Å². The highest BCUT2D eigenvalue weighted by atomic mass is 32.1. The van der Waals surface area contributed by atoms with Crippen molar-refractivity contribution in [1.29, 1.82) is 0 Å². The van der Waals surface area contributed by atoms with Crippen molar-refractivity contribution in [3.05, 3.63) is 35.2 Å². The van der Waals surface area contributed by atoms with Crippen molar-refractivity contribution in [3.8, 4) is 0 Å². The van der Waals surface area contributed by atoms with E-state index < -0.39 is 0 Å². The summed E-state index contributed by atoms with van der Waals surface area (Å²) in [5, 5.41) is 15.1. The quantitative estimate of drug-likeness (QED) is 0.754. The molecule has 1 fully saturated rings. The first-order valence-corrected chi connectivity index (χ1v) is 9.25. The van der Waals surface area contributed by atoms with E-state index in [1.54, 1.807) is 0 Å². The summed E-state index contributed by atoms with van der Waals surface area (Å²) in [6.45, 7) is 5.86. The molecule has 1 saturated heterocycles. The van der Waals surface area contributed by atoms with Crippen LogP contribution in [-0.4, -0.2) is 39.0 Å². The van der Waals surface area contributed by atoms with Crippen LogP contribution in [0.3, 0.4) is 0 Å². The van der Waals surface area contributed by atoms with Crippen LogP contribution in [0.25, 0.3) is 10.2 Å². The Bertz CT molecular complexity index is 925. The summed E-state index contributed by atoms with van der Waals surface area (Å²) in [5.41, 5.74) is 3.20. The van der Waals surface area contributed by atoms with E-state index in [-0.39, 0.29) is 5.91 Å². The average Bonchev–Trinajstić information content (AvgIpc) is 3.20. The van der Waals surface area contributed by atoms with Crippen LogP contribution >= 0.6 is 11.3 Å². The summed E-state index contributed by atoms with van der Waals surface area (Å²) < 4.78 is 2.95. The zero-order valence-corrected chi connectivity index (χ0v) is 15.1. The van der Waals surface area contributed by atoms with Crippen LogP contribution in [0.4, 0.5) is 5.13 Å². The van der Waals surface area contributed by atoms with Gasteiger partial charge in [-0.25, -0.2) is 9.67 Å². The van der Waals surface area contributed by atoms with Gasteiger partial charge >= 0.3 is 0 Å². The van der Waals surface area contributed by atoms with Gasteiger partial charge in [0.15, 0.2) is 10.8 Å². The second-order valence-electron chi connectivity index (χ2n) is 6.34. The first-order chi connectivity index (χ1) is 12.1. The molecule has 7 nitrogen and oxygen atoms in total. The van der Waals surface area contributed by atoms with Gasteiger partial charge in [-0.3, -0.25) is 10.1 Å². The Morgan fingerprint density at radius 3 is 2.88 bits per heavy atom. The number of para-hydroxylation sites is 1. The third-order valence-corrected chi connectivity index (χ3v) is 5.57. The zero-order chi connectivity index (χ0) is 17.4. The van der Waals surface area contributed by atoms with E-state index in [2.05, 4.69) is 25.9 Å². The van der Waals surface area contributed by atoms with E-state index in [1.807, 2.05) is 36.7 Å². The Kier molecular flexibility index (Phi) is 4.22. The third-order valence-electron chi connectivity index (χ3n) is 4.64. The smallest absolute Gasteiger partial charge is 0.279 e. The van der Waals surface area contributed by atoms with E-state index in [4.69, 9.17) is 0 Å². The number of rotatable bonds is 3. The van der Waals surface area contributed by atoms with Crippen molar-refractivity contribution >= 4 is 32.6 Å². The summed E-state index contributed by atoms with van der Waals surface area (Å²) >= 11 is 1.47. The molecule has 0 radical (unpaired) electrons. The maximum atomic E-state index is 12.6. The number of anilines is 1. The topological polar surface area (TPSA) is 84.7 Å². The largest absolute Gasteiger partial charge is 0.317 e. The lowest BCUT2D eigenvalue weighted by atomic mass is 10.1. The lowest BCUT2D eigenvalue weighted by molar-refractivity contribution is 0.102. The summed E-state index contributed by atoms with van der Waals surface area (Å²) in [6.07, 6.45) is 2.00. The van der Waals surface area contributed by atoms with Gasteiger partial charge in [0.2, 0.25) is 0 Å². The Hall–Kier alpha value is -2.32. The van der Waals surface area contributed by atoms with Gasteiger partial charge in [-0.2, -0.15) is 0 Å². The number of hydrogen-bond donors (Lipinski definition) is 2. The van der Waals surface area contributed by atoms with Crippen molar-refractivity contribution in [2.75, 3.05) is 18.4 Å². The lowest BCUT2D eigenvalue weighted by Gasteiger charge is -2.23. The SMILES string of the molecule is Cc1cccc2sc(NC(=O)c3nnn(C4CCNCC4)c3C)nc12. The number of carbonyl (C=O) groups is 1. The number of hydrogen-bond acceptors (Lipinski definition) is 6. The van der Waals surface area contributed by atoms with E-state index in [9.17, 15) is 4.79 Å². The third kappa shape index (κ3) is 3.03. The van der Waals surface area contributed by atoms with Gasteiger partial charge in [0.05, 0.1) is 22.0 Å². The molecular weight excluding hydrogens is 336 g/mol. The van der Waals surface area contributed by atoms with Crippen LogP contribution in [0.15, 0.2) is 18.2 Å². The first-order valence-electron chi connectivity index (χ1n) is 8.43. The molecular formula is C17H20N6OS. The molecule has 3 aromatic rings. The normalized spacial score (nSPS) is 15.6. The van der Waals surface area contributed by atoms with Crippen molar-refractivity contribution in [1.82, 2.24) is 25.3 Å². The Labute approximate surface area is 149 Å². The van der Waals surface area contributed by atoms with E-state index in [0.717, 1.165) is 47.4 Å². The standard InChI is InChI=1S/C17H20N6OS/c1-10-4-3-5-13-14(10)19-17(25-13)20-16(24)15-11(2)23(22-21-15)12-6-8-18-9-7-12/h3-5,12,18H,6-9H2,1-2H3,(H,19,20,24). The second kappa shape index (κ2) is 6.53. The number of nitrogens with one attached hydrogen (secondary N) is 2. The van der Waals surface area contributed by atoms with Gasteiger partial charge in [0.25, 0.3) is 5.91 Å². The van der Waals surface area contributed by atoms with Crippen LogP contribution in [0.2, 0.25) is 0 Å². The van der Waals surface area contributed by atoms with Crippen molar-refractivity contribution < 1.29 is 4.79 Å². The number of aryl methyl sites for hydroxylation is 1. The molecule has 0 saturated carbocycles. The van der Waals surface area contributed by atoms with Gasteiger partial charge in [-0.1, -0.05) is 28.7 Å². The molecule has 0 spiro atoms. The Morgan fingerprint density at radius 2 is 2.12 bits per heavy atom. The Balaban J connectivity index is 1.56. The van der Waals surface area contributed by atoms with Crippen molar-refractivity contribution in [3.63, 3.8) is 0 Å². The molecule has 1 aliphatic rings. The molecule has 1 aliphatic heterocycles. The van der Waals surface area contributed by atoms with E-state index in [1.165, 1.54) is 11.3 Å².